The molecule has 0 atom stereocenters. The van der Waals surface area contributed by atoms with Crippen molar-refractivity contribution in [3.8, 4) is 22.3 Å². The second-order valence-corrected chi connectivity index (χ2v) is 11.4. The molecular weight excluding hydrogens is 568 g/mol. The van der Waals surface area contributed by atoms with Gasteiger partial charge in [-0.2, -0.15) is 0 Å². The first-order valence-corrected chi connectivity index (χ1v) is 15.7. The second kappa shape index (κ2) is 14.1. The lowest BCUT2D eigenvalue weighted by molar-refractivity contribution is -0.139. The average Bonchev–Trinajstić information content (AvgIpc) is 3.11. The minimum atomic E-state index is -0.427. The molecule has 6 aromatic carbocycles. The van der Waals surface area contributed by atoms with Gasteiger partial charge in [0.15, 0.2) is 0 Å². The number of esters is 2. The van der Waals surface area contributed by atoms with Gasteiger partial charge in [-0.1, -0.05) is 110 Å². The minimum Gasteiger partial charge on any atom is -0.463 e. The van der Waals surface area contributed by atoms with Gasteiger partial charge in [-0.3, -0.25) is 0 Å². The fourth-order valence-corrected chi connectivity index (χ4v) is 6.11. The van der Waals surface area contributed by atoms with Gasteiger partial charge in [0.2, 0.25) is 0 Å². The summed E-state index contributed by atoms with van der Waals surface area (Å²) >= 11 is 0. The molecule has 6 aromatic rings. The van der Waals surface area contributed by atoms with Crippen LogP contribution in [0.2, 0.25) is 0 Å². The van der Waals surface area contributed by atoms with Gasteiger partial charge in [0.05, 0.1) is 6.61 Å². The molecule has 228 valence electrons. The molecule has 0 aliphatic rings. The third-order valence-corrected chi connectivity index (χ3v) is 8.48. The Kier molecular flexibility index (Phi) is 9.35. The summed E-state index contributed by atoms with van der Waals surface area (Å²) in [5.41, 5.74) is 6.92. The molecule has 6 rings (SSSR count). The number of carbonyl (C=O) groups is 2. The Hall–Kier alpha value is -5.48. The number of ether oxygens (including phenoxy) is 2. The van der Waals surface area contributed by atoms with Gasteiger partial charge in [0.25, 0.3) is 0 Å². The molecule has 0 aromatic heterocycles. The zero-order valence-electron chi connectivity index (χ0n) is 25.8. The monoisotopic (exact) mass is 604 g/mol. The first-order chi connectivity index (χ1) is 22.6. The number of benzene rings is 6. The SMILES string of the molecule is C=CC(=O)OCCCCCc1ccc(-c2cc3c4ccccc4c(-c4ccc(COC(=O)C=C)cc4)cc3c3ccccc23)cc1. The van der Waals surface area contributed by atoms with Crippen LogP contribution in [-0.2, 0) is 32.1 Å². The zero-order valence-corrected chi connectivity index (χ0v) is 25.8. The van der Waals surface area contributed by atoms with Crippen molar-refractivity contribution in [2.45, 2.75) is 32.3 Å². The lowest BCUT2D eigenvalue weighted by Gasteiger charge is -2.16. The summed E-state index contributed by atoms with van der Waals surface area (Å²) in [5, 5.41) is 7.28. The predicted octanol–water partition coefficient (Wildman–Crippen LogP) is 10.2. The summed E-state index contributed by atoms with van der Waals surface area (Å²) in [7, 11) is 0. The molecule has 0 N–H and O–H groups in total. The van der Waals surface area contributed by atoms with E-state index in [1.807, 2.05) is 12.1 Å². The van der Waals surface area contributed by atoms with Crippen molar-refractivity contribution in [1.82, 2.24) is 0 Å². The predicted molar refractivity (Wildman–Crippen MR) is 189 cm³/mol. The lowest BCUT2D eigenvalue weighted by atomic mass is 9.87. The van der Waals surface area contributed by atoms with Crippen LogP contribution >= 0.6 is 0 Å². The smallest absolute Gasteiger partial charge is 0.330 e. The fourth-order valence-electron chi connectivity index (χ4n) is 6.11. The number of fused-ring (bicyclic) bond motifs is 5. The molecular formula is C42H36O4. The van der Waals surface area contributed by atoms with E-state index in [0.29, 0.717) is 6.61 Å². The summed E-state index contributed by atoms with van der Waals surface area (Å²) in [5.74, 6) is -0.786. The maximum atomic E-state index is 11.5. The highest BCUT2D eigenvalue weighted by Crippen LogP contribution is 2.41. The topological polar surface area (TPSA) is 52.6 Å². The number of hydrogen-bond acceptors (Lipinski definition) is 4. The van der Waals surface area contributed by atoms with Crippen LogP contribution < -0.4 is 0 Å². The minimum absolute atomic E-state index is 0.215. The van der Waals surface area contributed by atoms with Crippen molar-refractivity contribution in [2.75, 3.05) is 6.61 Å². The molecule has 0 spiro atoms. The van der Waals surface area contributed by atoms with Gasteiger partial charge in [0.1, 0.15) is 6.61 Å². The highest BCUT2D eigenvalue weighted by Gasteiger charge is 2.14. The first kappa shape index (κ1) is 30.5. The summed E-state index contributed by atoms with van der Waals surface area (Å²) in [6.07, 6.45) is 6.28. The van der Waals surface area contributed by atoms with Gasteiger partial charge in [-0.15, -0.1) is 0 Å². The van der Waals surface area contributed by atoms with Crippen LogP contribution in [0.15, 0.2) is 135 Å². The Morgan fingerprint density at radius 2 is 1.00 bits per heavy atom. The summed E-state index contributed by atoms with van der Waals surface area (Å²) < 4.78 is 10.3. The highest BCUT2D eigenvalue weighted by molar-refractivity contribution is 6.23. The maximum Gasteiger partial charge on any atom is 0.330 e. The Morgan fingerprint density at radius 1 is 0.522 bits per heavy atom. The zero-order chi connectivity index (χ0) is 31.9. The molecule has 0 fully saturated rings. The van der Waals surface area contributed by atoms with Crippen LogP contribution in [0.1, 0.15) is 30.4 Å². The number of rotatable bonds is 12. The van der Waals surface area contributed by atoms with Gasteiger partial charge < -0.3 is 9.47 Å². The molecule has 0 amide bonds. The van der Waals surface area contributed by atoms with Gasteiger partial charge in [0, 0.05) is 12.2 Å². The Morgan fingerprint density at radius 3 is 1.52 bits per heavy atom. The molecule has 0 saturated heterocycles. The van der Waals surface area contributed by atoms with Crippen molar-refractivity contribution in [2.24, 2.45) is 0 Å². The Balaban J connectivity index is 1.32. The standard InChI is InChI=1S/C42H36O4/c1-3-41(43)45-25-11-5-6-12-29-17-21-31(22-18-29)37-26-39-36-16-10-8-14-34(36)38(27-40(39)35-15-9-7-13-33(35)37)32-23-19-30(20-24-32)28-46-42(44)4-2/h3-4,7-10,13-24,26-27H,1-2,5-6,11-12,25,28H2. The third-order valence-electron chi connectivity index (χ3n) is 8.48. The number of unbranched alkanes of at least 4 members (excludes halogenated alkanes) is 2. The van der Waals surface area contributed by atoms with E-state index in [2.05, 4.69) is 110 Å². The van der Waals surface area contributed by atoms with Gasteiger partial charge in [-0.05, 0) is 104 Å². The normalized spacial score (nSPS) is 11.0. The Bertz CT molecular complexity index is 2050. The number of aryl methyl sites for hydroxylation is 1. The van der Waals surface area contributed by atoms with Crippen LogP contribution in [0, 0.1) is 0 Å². The van der Waals surface area contributed by atoms with Crippen LogP contribution in [0.4, 0.5) is 0 Å². The van der Waals surface area contributed by atoms with Crippen LogP contribution in [0.25, 0.3) is 54.6 Å². The molecule has 0 saturated carbocycles. The van der Waals surface area contributed by atoms with E-state index in [0.717, 1.165) is 36.8 Å². The number of carbonyl (C=O) groups excluding carboxylic acids is 2. The van der Waals surface area contributed by atoms with Gasteiger partial charge >= 0.3 is 11.9 Å². The first-order valence-electron chi connectivity index (χ1n) is 15.7. The van der Waals surface area contributed by atoms with E-state index in [1.54, 1.807) is 0 Å². The summed E-state index contributed by atoms with van der Waals surface area (Å²) in [6.45, 7) is 7.55. The van der Waals surface area contributed by atoms with E-state index >= 15 is 0 Å². The molecule has 0 unspecified atom stereocenters. The second-order valence-electron chi connectivity index (χ2n) is 11.4. The van der Waals surface area contributed by atoms with Crippen LogP contribution in [0.5, 0.6) is 0 Å². The molecule has 46 heavy (non-hydrogen) atoms. The fraction of sp³-hybridized carbons (Fsp3) is 0.143. The van der Waals surface area contributed by atoms with Crippen LogP contribution in [-0.4, -0.2) is 18.5 Å². The van der Waals surface area contributed by atoms with E-state index in [1.165, 1.54) is 66.7 Å². The number of hydrogen-bond donors (Lipinski definition) is 0. The van der Waals surface area contributed by atoms with Crippen molar-refractivity contribution in [3.63, 3.8) is 0 Å². The van der Waals surface area contributed by atoms with E-state index in [9.17, 15) is 9.59 Å². The molecule has 0 aliphatic carbocycles. The Labute approximate surface area is 269 Å². The van der Waals surface area contributed by atoms with Gasteiger partial charge in [-0.25, -0.2) is 9.59 Å². The molecule has 0 radical (unpaired) electrons. The third kappa shape index (κ3) is 6.62. The maximum absolute atomic E-state index is 11.5. The molecule has 4 nitrogen and oxygen atoms in total. The van der Waals surface area contributed by atoms with E-state index < -0.39 is 5.97 Å². The molecule has 0 heterocycles. The van der Waals surface area contributed by atoms with E-state index in [-0.39, 0.29) is 12.6 Å². The van der Waals surface area contributed by atoms with Crippen molar-refractivity contribution < 1.29 is 19.1 Å². The quantitative estimate of drug-likeness (QED) is 0.0604. The van der Waals surface area contributed by atoms with Crippen molar-refractivity contribution in [1.29, 1.82) is 0 Å². The van der Waals surface area contributed by atoms with Crippen molar-refractivity contribution >= 4 is 44.3 Å². The highest BCUT2D eigenvalue weighted by atomic mass is 16.5. The largest absolute Gasteiger partial charge is 0.463 e. The molecule has 0 aliphatic heterocycles. The van der Waals surface area contributed by atoms with Crippen LogP contribution in [0.3, 0.4) is 0 Å². The average molecular weight is 605 g/mol. The van der Waals surface area contributed by atoms with Crippen molar-refractivity contribution in [3.05, 3.63) is 146 Å². The molecule has 0 bridgehead atoms. The lowest BCUT2D eigenvalue weighted by Crippen LogP contribution is -2.01. The summed E-state index contributed by atoms with van der Waals surface area (Å²) in [6, 6.07) is 39.1. The van der Waals surface area contributed by atoms with E-state index in [4.69, 9.17) is 9.47 Å². The summed E-state index contributed by atoms with van der Waals surface area (Å²) in [4.78, 5) is 22.7. The molecule has 4 heteroatoms.